The van der Waals surface area contributed by atoms with Crippen molar-refractivity contribution >= 4 is 28.4 Å². The number of aromatic nitrogens is 2. The maximum atomic E-state index is 5.89. The Morgan fingerprint density at radius 1 is 1.12 bits per heavy atom. The molecule has 1 aromatic heterocycles. The van der Waals surface area contributed by atoms with Gasteiger partial charge in [-0.05, 0) is 29.0 Å². The maximum Gasteiger partial charge on any atom is 0.135 e. The van der Waals surface area contributed by atoms with E-state index in [9.17, 15) is 0 Å². The fourth-order valence-corrected chi connectivity index (χ4v) is 2.35. The topological polar surface area (TPSA) is 43.8 Å². The number of halogens is 1. The summed E-state index contributed by atoms with van der Waals surface area (Å²) in [6, 6.07) is 0. The Labute approximate surface area is 118 Å². The van der Waals surface area contributed by atoms with Crippen molar-refractivity contribution in [3.63, 3.8) is 0 Å². The molecule has 0 aliphatic heterocycles. The fraction of sp³-hybridized carbons (Fsp3) is 0.769. The molecule has 0 saturated heterocycles. The zero-order valence-corrected chi connectivity index (χ0v) is 12.9. The number of hydrogen-bond acceptors (Lipinski definition) is 2. The highest BCUT2D eigenvalue weighted by atomic mass is 127. The molecule has 0 aromatic carbocycles. The molecule has 3 nitrogen and oxygen atoms in total. The number of anilines is 1. The molecule has 1 aromatic rings. The standard InChI is InChI=1S/C13H24IN3/c1-2-3-4-5-6-7-8-9-10-17-13(15)12(14)11-16-17/h11H,2-10,15H2,1H3. The van der Waals surface area contributed by atoms with Gasteiger partial charge in [0.2, 0.25) is 0 Å². The van der Waals surface area contributed by atoms with E-state index in [0.29, 0.717) is 0 Å². The van der Waals surface area contributed by atoms with Crippen LogP contribution in [0.15, 0.2) is 6.20 Å². The van der Waals surface area contributed by atoms with Crippen molar-refractivity contribution in [1.29, 1.82) is 0 Å². The van der Waals surface area contributed by atoms with Crippen LogP contribution in [-0.4, -0.2) is 9.78 Å². The molecule has 1 rings (SSSR count). The molecule has 0 aliphatic carbocycles. The molecule has 0 saturated carbocycles. The lowest BCUT2D eigenvalue weighted by atomic mass is 10.1. The Hall–Kier alpha value is -0.260. The van der Waals surface area contributed by atoms with Gasteiger partial charge in [-0.1, -0.05) is 51.9 Å². The summed E-state index contributed by atoms with van der Waals surface area (Å²) in [5.74, 6) is 0.813. The second kappa shape index (κ2) is 8.78. The van der Waals surface area contributed by atoms with Crippen LogP contribution >= 0.6 is 22.6 Å². The van der Waals surface area contributed by atoms with E-state index in [-0.39, 0.29) is 0 Å². The summed E-state index contributed by atoms with van der Waals surface area (Å²) < 4.78 is 2.97. The summed E-state index contributed by atoms with van der Waals surface area (Å²) in [5.41, 5.74) is 5.89. The summed E-state index contributed by atoms with van der Waals surface area (Å²) in [4.78, 5) is 0. The lowest BCUT2D eigenvalue weighted by Crippen LogP contribution is -2.05. The van der Waals surface area contributed by atoms with Gasteiger partial charge in [0.1, 0.15) is 5.82 Å². The number of nitrogens with zero attached hydrogens (tertiary/aromatic N) is 2. The van der Waals surface area contributed by atoms with Crippen molar-refractivity contribution in [2.24, 2.45) is 0 Å². The number of nitrogens with two attached hydrogens (primary N) is 1. The van der Waals surface area contributed by atoms with E-state index in [1.165, 1.54) is 51.4 Å². The molecule has 0 radical (unpaired) electrons. The predicted molar refractivity (Wildman–Crippen MR) is 82.0 cm³/mol. The number of unbranched alkanes of at least 4 members (excludes halogenated alkanes) is 7. The monoisotopic (exact) mass is 349 g/mol. The highest BCUT2D eigenvalue weighted by molar-refractivity contribution is 14.1. The van der Waals surface area contributed by atoms with Crippen LogP contribution in [0, 0.1) is 3.57 Å². The molecule has 17 heavy (non-hydrogen) atoms. The minimum absolute atomic E-state index is 0.813. The minimum atomic E-state index is 0.813. The summed E-state index contributed by atoms with van der Waals surface area (Å²) in [7, 11) is 0. The Morgan fingerprint density at radius 3 is 2.24 bits per heavy atom. The first-order chi connectivity index (χ1) is 8.25. The van der Waals surface area contributed by atoms with Gasteiger partial charge in [0.25, 0.3) is 0 Å². The molecule has 98 valence electrons. The van der Waals surface area contributed by atoms with Crippen molar-refractivity contribution in [2.45, 2.75) is 64.8 Å². The molecular formula is C13H24IN3. The van der Waals surface area contributed by atoms with Crippen molar-refractivity contribution in [2.75, 3.05) is 5.73 Å². The first-order valence-electron chi connectivity index (χ1n) is 6.72. The second-order valence-electron chi connectivity index (χ2n) is 4.58. The SMILES string of the molecule is CCCCCCCCCCn1ncc(I)c1N. The maximum absolute atomic E-state index is 5.89. The van der Waals surface area contributed by atoms with Crippen LogP contribution in [-0.2, 0) is 6.54 Å². The summed E-state index contributed by atoms with van der Waals surface area (Å²) >= 11 is 2.22. The fourth-order valence-electron chi connectivity index (χ4n) is 1.95. The first-order valence-corrected chi connectivity index (χ1v) is 7.80. The van der Waals surface area contributed by atoms with Gasteiger partial charge < -0.3 is 5.73 Å². The van der Waals surface area contributed by atoms with Gasteiger partial charge in [0, 0.05) is 6.54 Å². The Bertz CT molecular complexity index is 310. The van der Waals surface area contributed by atoms with Crippen molar-refractivity contribution in [3.8, 4) is 0 Å². The average molecular weight is 349 g/mol. The average Bonchev–Trinajstić information content (AvgIpc) is 2.64. The van der Waals surface area contributed by atoms with Crippen LogP contribution in [0.5, 0.6) is 0 Å². The second-order valence-corrected chi connectivity index (χ2v) is 5.74. The zero-order valence-electron chi connectivity index (χ0n) is 10.8. The first kappa shape index (κ1) is 14.8. The molecule has 0 bridgehead atoms. The highest BCUT2D eigenvalue weighted by Crippen LogP contribution is 2.14. The largest absolute Gasteiger partial charge is 0.383 e. The van der Waals surface area contributed by atoms with Crippen LogP contribution in [0.2, 0.25) is 0 Å². The van der Waals surface area contributed by atoms with Crippen molar-refractivity contribution in [1.82, 2.24) is 9.78 Å². The van der Waals surface area contributed by atoms with Gasteiger partial charge in [-0.25, -0.2) is 4.68 Å². The van der Waals surface area contributed by atoms with Gasteiger partial charge in [-0.3, -0.25) is 0 Å². The quantitative estimate of drug-likeness (QED) is 0.536. The number of aryl methyl sites for hydroxylation is 1. The zero-order chi connectivity index (χ0) is 12.5. The Balaban J connectivity index is 1.99. The van der Waals surface area contributed by atoms with E-state index in [0.717, 1.165) is 15.9 Å². The van der Waals surface area contributed by atoms with Gasteiger partial charge in [-0.2, -0.15) is 5.10 Å². The molecular weight excluding hydrogens is 325 g/mol. The predicted octanol–water partition coefficient (Wildman–Crippen LogP) is 4.21. The van der Waals surface area contributed by atoms with E-state index >= 15 is 0 Å². The Kier molecular flexibility index (Phi) is 7.64. The third kappa shape index (κ3) is 5.75. The normalized spacial score (nSPS) is 10.9. The van der Waals surface area contributed by atoms with E-state index < -0.39 is 0 Å². The van der Waals surface area contributed by atoms with Gasteiger partial charge in [0.05, 0.1) is 9.77 Å². The molecule has 0 atom stereocenters. The van der Waals surface area contributed by atoms with Gasteiger partial charge in [-0.15, -0.1) is 0 Å². The summed E-state index contributed by atoms with van der Waals surface area (Å²) in [5, 5.41) is 4.26. The lowest BCUT2D eigenvalue weighted by molar-refractivity contribution is 0.523. The number of nitrogen functional groups attached to an aromatic ring is 1. The highest BCUT2D eigenvalue weighted by Gasteiger charge is 2.03. The molecule has 0 spiro atoms. The molecule has 1 heterocycles. The van der Waals surface area contributed by atoms with Crippen LogP contribution in [0.25, 0.3) is 0 Å². The van der Waals surface area contributed by atoms with Gasteiger partial charge >= 0.3 is 0 Å². The van der Waals surface area contributed by atoms with Crippen molar-refractivity contribution < 1.29 is 0 Å². The van der Waals surface area contributed by atoms with E-state index in [1.807, 2.05) is 10.9 Å². The number of rotatable bonds is 9. The molecule has 0 aliphatic rings. The van der Waals surface area contributed by atoms with Crippen LogP contribution in [0.4, 0.5) is 5.82 Å². The number of hydrogen-bond donors (Lipinski definition) is 1. The van der Waals surface area contributed by atoms with Crippen LogP contribution in [0.3, 0.4) is 0 Å². The summed E-state index contributed by atoms with van der Waals surface area (Å²) in [6.45, 7) is 3.22. The molecule has 0 amide bonds. The van der Waals surface area contributed by atoms with E-state index in [4.69, 9.17) is 5.73 Å². The minimum Gasteiger partial charge on any atom is -0.383 e. The third-order valence-corrected chi connectivity index (χ3v) is 3.89. The van der Waals surface area contributed by atoms with E-state index in [1.54, 1.807) is 0 Å². The Morgan fingerprint density at radius 2 is 1.71 bits per heavy atom. The lowest BCUT2D eigenvalue weighted by Gasteiger charge is -2.04. The molecule has 0 fully saturated rings. The summed E-state index contributed by atoms with van der Waals surface area (Å²) in [6.07, 6.45) is 12.6. The molecule has 4 heteroatoms. The van der Waals surface area contributed by atoms with Crippen molar-refractivity contribution in [3.05, 3.63) is 9.77 Å². The van der Waals surface area contributed by atoms with E-state index in [2.05, 4.69) is 34.6 Å². The van der Waals surface area contributed by atoms with Crippen LogP contribution in [0.1, 0.15) is 58.3 Å². The molecule has 2 N–H and O–H groups in total. The smallest absolute Gasteiger partial charge is 0.135 e. The third-order valence-electron chi connectivity index (χ3n) is 3.06. The van der Waals surface area contributed by atoms with Crippen LogP contribution < -0.4 is 5.73 Å². The van der Waals surface area contributed by atoms with Gasteiger partial charge in [0.15, 0.2) is 0 Å². The molecule has 0 unspecified atom stereocenters.